The van der Waals surface area contributed by atoms with Gasteiger partial charge in [0.05, 0.1) is 23.3 Å². The van der Waals surface area contributed by atoms with E-state index in [1.54, 1.807) is 29.9 Å². The van der Waals surface area contributed by atoms with Crippen molar-refractivity contribution in [1.82, 2.24) is 9.88 Å². The summed E-state index contributed by atoms with van der Waals surface area (Å²) in [4.78, 5) is 25.1. The highest BCUT2D eigenvalue weighted by molar-refractivity contribution is 6.33. The van der Waals surface area contributed by atoms with Gasteiger partial charge in [0.25, 0.3) is 5.91 Å². The van der Waals surface area contributed by atoms with E-state index in [9.17, 15) is 9.59 Å². The molecule has 0 aliphatic rings. The number of halogens is 2. The molecule has 0 atom stereocenters. The lowest BCUT2D eigenvalue weighted by molar-refractivity contribution is -0.109. The van der Waals surface area contributed by atoms with Gasteiger partial charge in [-0.15, -0.1) is 0 Å². The molecule has 0 saturated heterocycles. The summed E-state index contributed by atoms with van der Waals surface area (Å²) >= 11 is 12.7. The van der Waals surface area contributed by atoms with Gasteiger partial charge in [0.15, 0.2) is 0 Å². The Hall–Kier alpha value is -3.28. The highest BCUT2D eigenvalue weighted by Gasteiger charge is 2.26. The molecule has 0 saturated carbocycles. The van der Waals surface area contributed by atoms with Gasteiger partial charge in [-0.25, -0.2) is 0 Å². The van der Waals surface area contributed by atoms with Crippen LogP contribution in [0.5, 0.6) is 5.75 Å². The Bertz CT molecular complexity index is 1370. The number of aromatic nitrogens is 1. The Labute approximate surface area is 208 Å². The van der Waals surface area contributed by atoms with Gasteiger partial charge in [-0.1, -0.05) is 53.5 Å². The molecule has 0 bridgehead atoms. The zero-order valence-electron chi connectivity index (χ0n) is 19.1. The predicted molar refractivity (Wildman–Crippen MR) is 137 cm³/mol. The quantitative estimate of drug-likeness (QED) is 0.245. The number of methoxy groups -OCH3 is 1. The maximum atomic E-state index is 14.2. The summed E-state index contributed by atoms with van der Waals surface area (Å²) < 4.78 is 7.19. The van der Waals surface area contributed by atoms with Crippen molar-refractivity contribution in [3.8, 4) is 17.0 Å². The van der Waals surface area contributed by atoms with Crippen molar-refractivity contribution in [3.63, 3.8) is 0 Å². The molecule has 1 heterocycles. The van der Waals surface area contributed by atoms with Crippen LogP contribution in [-0.2, 0) is 11.2 Å². The predicted octanol–water partition coefficient (Wildman–Crippen LogP) is 6.22. The molecule has 0 fully saturated rings. The molecule has 7 heteroatoms. The average Bonchev–Trinajstić information content (AvgIpc) is 3.12. The SMILES string of the molecule is COc1cc2c(CCNC=O)c(-c3ccc(Cl)cc3)n(C(=O)c3c(C)cccc3C)c2cc1Cl. The largest absolute Gasteiger partial charge is 0.495 e. The first-order valence-electron chi connectivity index (χ1n) is 10.8. The van der Waals surface area contributed by atoms with Crippen LogP contribution in [0.4, 0.5) is 0 Å². The molecule has 4 aromatic rings. The topological polar surface area (TPSA) is 60.3 Å². The molecule has 0 unspecified atom stereocenters. The van der Waals surface area contributed by atoms with E-state index >= 15 is 0 Å². The number of carbonyl (C=O) groups excluding carboxylic acids is 2. The first-order valence-corrected chi connectivity index (χ1v) is 11.6. The van der Waals surface area contributed by atoms with Crippen LogP contribution in [0.3, 0.4) is 0 Å². The molecule has 1 amide bonds. The third kappa shape index (κ3) is 4.29. The molecular weight excluding hydrogens is 471 g/mol. The highest BCUT2D eigenvalue weighted by Crippen LogP contribution is 2.40. The molecule has 5 nitrogen and oxygen atoms in total. The lowest BCUT2D eigenvalue weighted by Gasteiger charge is -2.15. The third-order valence-electron chi connectivity index (χ3n) is 5.96. The number of aryl methyl sites for hydroxylation is 2. The van der Waals surface area contributed by atoms with Crippen LogP contribution in [0, 0.1) is 13.8 Å². The summed E-state index contributed by atoms with van der Waals surface area (Å²) in [6.07, 6.45) is 1.17. The second-order valence-corrected chi connectivity index (χ2v) is 8.91. The normalized spacial score (nSPS) is 11.0. The summed E-state index contributed by atoms with van der Waals surface area (Å²) in [5.74, 6) is 0.361. The van der Waals surface area contributed by atoms with Crippen LogP contribution < -0.4 is 10.1 Å². The maximum Gasteiger partial charge on any atom is 0.263 e. The minimum atomic E-state index is -0.151. The van der Waals surface area contributed by atoms with Crippen molar-refractivity contribution in [2.45, 2.75) is 20.3 Å². The molecule has 1 aromatic heterocycles. The lowest BCUT2D eigenvalue weighted by Crippen LogP contribution is -2.17. The van der Waals surface area contributed by atoms with Gasteiger partial charge < -0.3 is 10.1 Å². The van der Waals surface area contributed by atoms with Gasteiger partial charge in [0.1, 0.15) is 5.75 Å². The van der Waals surface area contributed by atoms with Crippen molar-refractivity contribution < 1.29 is 14.3 Å². The Balaban J connectivity index is 2.11. The minimum Gasteiger partial charge on any atom is -0.495 e. The van der Waals surface area contributed by atoms with E-state index in [0.29, 0.717) is 46.3 Å². The molecule has 1 N–H and O–H groups in total. The van der Waals surface area contributed by atoms with Gasteiger partial charge in [0, 0.05) is 22.5 Å². The summed E-state index contributed by atoms with van der Waals surface area (Å²) in [7, 11) is 1.56. The number of benzene rings is 3. The lowest BCUT2D eigenvalue weighted by atomic mass is 10.0. The first kappa shape index (κ1) is 23.9. The highest BCUT2D eigenvalue weighted by atomic mass is 35.5. The number of ether oxygens (including phenoxy) is 1. The summed E-state index contributed by atoms with van der Waals surface area (Å²) in [6, 6.07) is 16.8. The van der Waals surface area contributed by atoms with E-state index in [0.717, 1.165) is 33.3 Å². The molecule has 4 rings (SSSR count). The van der Waals surface area contributed by atoms with Crippen LogP contribution in [0.15, 0.2) is 54.6 Å². The van der Waals surface area contributed by atoms with Gasteiger partial charge >= 0.3 is 0 Å². The number of nitrogens with one attached hydrogen (secondary N) is 1. The van der Waals surface area contributed by atoms with Crippen LogP contribution in [0.25, 0.3) is 22.2 Å². The summed E-state index contributed by atoms with van der Waals surface area (Å²) in [5.41, 5.74) is 5.55. The van der Waals surface area contributed by atoms with Crippen molar-refractivity contribution in [2.24, 2.45) is 0 Å². The Kier molecular flexibility index (Phi) is 6.96. The molecule has 0 aliphatic carbocycles. The van der Waals surface area contributed by atoms with E-state index in [4.69, 9.17) is 27.9 Å². The second kappa shape index (κ2) is 9.92. The standard InChI is InChI=1S/C27H24Cl2N2O3/c1-16-5-4-6-17(2)25(16)27(33)31-23-14-22(29)24(34-3)13-21(23)20(11-12-30-15-32)26(31)18-7-9-19(28)10-8-18/h4-10,13-15H,11-12H2,1-3H3,(H,30,32). The number of amides is 1. The number of hydrogen-bond acceptors (Lipinski definition) is 3. The summed E-state index contributed by atoms with van der Waals surface area (Å²) in [6.45, 7) is 4.27. The summed E-state index contributed by atoms with van der Waals surface area (Å²) in [5, 5.41) is 4.56. The van der Waals surface area contributed by atoms with E-state index < -0.39 is 0 Å². The van der Waals surface area contributed by atoms with Crippen molar-refractivity contribution >= 4 is 46.4 Å². The van der Waals surface area contributed by atoms with Crippen LogP contribution >= 0.6 is 23.2 Å². The van der Waals surface area contributed by atoms with E-state index in [1.807, 2.05) is 50.2 Å². The van der Waals surface area contributed by atoms with E-state index in [1.165, 1.54) is 0 Å². The van der Waals surface area contributed by atoms with Crippen molar-refractivity contribution in [1.29, 1.82) is 0 Å². The molecule has 174 valence electrons. The molecular formula is C27H24Cl2N2O3. The van der Waals surface area contributed by atoms with Gasteiger partial charge in [0.2, 0.25) is 6.41 Å². The van der Waals surface area contributed by atoms with Crippen molar-refractivity contribution in [3.05, 3.63) is 86.9 Å². The zero-order valence-corrected chi connectivity index (χ0v) is 20.6. The monoisotopic (exact) mass is 494 g/mol. The van der Waals surface area contributed by atoms with Crippen LogP contribution in [0.1, 0.15) is 27.0 Å². The number of rotatable bonds is 7. The van der Waals surface area contributed by atoms with Gasteiger partial charge in [-0.3, -0.25) is 14.2 Å². The Morgan fingerprint density at radius 3 is 2.35 bits per heavy atom. The number of nitrogens with zero attached hydrogens (tertiary/aromatic N) is 1. The number of hydrogen-bond donors (Lipinski definition) is 1. The van der Waals surface area contributed by atoms with E-state index in [-0.39, 0.29) is 5.91 Å². The Morgan fingerprint density at radius 2 is 1.74 bits per heavy atom. The Morgan fingerprint density at radius 1 is 1.06 bits per heavy atom. The smallest absolute Gasteiger partial charge is 0.263 e. The van der Waals surface area contributed by atoms with Gasteiger partial charge in [-0.2, -0.15) is 0 Å². The zero-order chi connectivity index (χ0) is 24.4. The van der Waals surface area contributed by atoms with Crippen LogP contribution in [-0.4, -0.2) is 30.5 Å². The second-order valence-electron chi connectivity index (χ2n) is 8.07. The fraction of sp³-hybridized carbons (Fsp3) is 0.185. The third-order valence-corrected chi connectivity index (χ3v) is 6.51. The number of fused-ring (bicyclic) bond motifs is 1. The average molecular weight is 495 g/mol. The fourth-order valence-electron chi connectivity index (χ4n) is 4.40. The number of carbonyl (C=O) groups is 2. The fourth-order valence-corrected chi connectivity index (χ4v) is 4.76. The van der Waals surface area contributed by atoms with Gasteiger partial charge in [-0.05, 0) is 66.8 Å². The first-order chi connectivity index (χ1) is 16.4. The molecule has 0 aliphatic heterocycles. The molecule has 0 radical (unpaired) electrons. The van der Waals surface area contributed by atoms with E-state index in [2.05, 4.69) is 5.32 Å². The molecule has 0 spiro atoms. The van der Waals surface area contributed by atoms with Crippen LogP contribution in [0.2, 0.25) is 10.0 Å². The minimum absolute atomic E-state index is 0.151. The maximum absolute atomic E-state index is 14.2. The van der Waals surface area contributed by atoms with Crippen molar-refractivity contribution in [2.75, 3.05) is 13.7 Å². The molecule has 3 aromatic carbocycles. The molecule has 34 heavy (non-hydrogen) atoms.